The second kappa shape index (κ2) is 13.0. The molecule has 0 aliphatic rings. The van der Waals surface area contributed by atoms with Crippen molar-refractivity contribution in [1.29, 1.82) is 0 Å². The van der Waals surface area contributed by atoms with E-state index in [0.717, 1.165) is 30.0 Å². The zero-order chi connectivity index (χ0) is 25.1. The minimum atomic E-state index is -0.485. The predicted molar refractivity (Wildman–Crippen MR) is 138 cm³/mol. The second-order valence-electron chi connectivity index (χ2n) is 9.99. The normalized spacial score (nSPS) is 12.3. The Kier molecular flexibility index (Phi) is 10.4. The van der Waals surface area contributed by atoms with Crippen LogP contribution >= 0.6 is 0 Å². The second-order valence-corrected chi connectivity index (χ2v) is 9.99. The van der Waals surface area contributed by atoms with Gasteiger partial charge in [-0.2, -0.15) is 0 Å². The average molecular weight is 467 g/mol. The van der Waals surface area contributed by atoms with Gasteiger partial charge in [-0.05, 0) is 50.3 Å². The predicted octanol–water partition coefficient (Wildman–Crippen LogP) is 4.73. The van der Waals surface area contributed by atoms with Crippen molar-refractivity contribution in [3.63, 3.8) is 0 Å². The average Bonchev–Trinajstić information content (AvgIpc) is 2.79. The minimum absolute atomic E-state index is 0.193. The first kappa shape index (κ1) is 27.2. The summed E-state index contributed by atoms with van der Waals surface area (Å²) >= 11 is 0. The monoisotopic (exact) mass is 466 g/mol. The molecule has 1 atom stereocenters. The quantitative estimate of drug-likeness (QED) is 0.422. The first-order valence-corrected chi connectivity index (χ1v) is 12.0. The number of ether oxygens (including phenoxy) is 1. The molecule has 2 rings (SSSR count). The van der Waals surface area contributed by atoms with Crippen LogP contribution in [0.25, 0.3) is 0 Å². The van der Waals surface area contributed by atoms with Gasteiger partial charge >= 0.3 is 0 Å². The van der Waals surface area contributed by atoms with E-state index in [1.165, 1.54) is 6.42 Å². The SMILES string of the molecule is CC(C)CCN(CC(C)(C)NC(=O)[CH]CC(C)C(N)=O)c1cccc(OCc2ccccc2)c1. The van der Waals surface area contributed by atoms with Crippen molar-refractivity contribution in [3.05, 3.63) is 66.6 Å². The van der Waals surface area contributed by atoms with Gasteiger partial charge in [0.05, 0.1) is 12.0 Å². The molecule has 0 saturated carbocycles. The van der Waals surface area contributed by atoms with E-state index in [1.54, 1.807) is 6.92 Å². The summed E-state index contributed by atoms with van der Waals surface area (Å²) in [5, 5.41) is 3.08. The lowest BCUT2D eigenvalue weighted by Gasteiger charge is -2.35. The Labute approximate surface area is 204 Å². The summed E-state index contributed by atoms with van der Waals surface area (Å²) in [4.78, 5) is 26.0. The summed E-state index contributed by atoms with van der Waals surface area (Å²) in [7, 11) is 0. The van der Waals surface area contributed by atoms with E-state index in [0.29, 0.717) is 25.5 Å². The van der Waals surface area contributed by atoms with E-state index < -0.39 is 11.4 Å². The lowest BCUT2D eigenvalue weighted by Crippen LogP contribution is -2.52. The third kappa shape index (κ3) is 9.86. The largest absolute Gasteiger partial charge is 0.489 e. The molecular weight excluding hydrogens is 426 g/mol. The molecular formula is C28H40N3O3. The highest BCUT2D eigenvalue weighted by atomic mass is 16.5. The van der Waals surface area contributed by atoms with Crippen molar-refractivity contribution in [2.45, 2.75) is 59.6 Å². The zero-order valence-electron chi connectivity index (χ0n) is 21.2. The van der Waals surface area contributed by atoms with Gasteiger partial charge in [-0.3, -0.25) is 9.59 Å². The van der Waals surface area contributed by atoms with E-state index in [2.05, 4.69) is 36.2 Å². The molecule has 34 heavy (non-hydrogen) atoms. The molecule has 0 fully saturated rings. The Morgan fingerprint density at radius 2 is 1.79 bits per heavy atom. The van der Waals surface area contributed by atoms with Gasteiger partial charge in [-0.1, -0.05) is 57.2 Å². The summed E-state index contributed by atoms with van der Waals surface area (Å²) < 4.78 is 6.04. The van der Waals surface area contributed by atoms with E-state index in [9.17, 15) is 9.59 Å². The van der Waals surface area contributed by atoms with E-state index in [1.807, 2.05) is 56.3 Å². The summed E-state index contributed by atoms with van der Waals surface area (Å²) in [5.74, 6) is 0.405. The van der Waals surface area contributed by atoms with Crippen LogP contribution < -0.4 is 20.7 Å². The number of benzene rings is 2. The number of hydrogen-bond acceptors (Lipinski definition) is 4. The third-order valence-electron chi connectivity index (χ3n) is 5.60. The lowest BCUT2D eigenvalue weighted by atomic mass is 10.0. The molecule has 0 spiro atoms. The highest BCUT2D eigenvalue weighted by Gasteiger charge is 2.25. The zero-order valence-corrected chi connectivity index (χ0v) is 21.2. The number of anilines is 1. The van der Waals surface area contributed by atoms with Gasteiger partial charge in [0.2, 0.25) is 11.8 Å². The van der Waals surface area contributed by atoms with Gasteiger partial charge in [0, 0.05) is 30.8 Å². The molecule has 1 radical (unpaired) electrons. The number of nitrogens with one attached hydrogen (secondary N) is 1. The number of carbonyl (C=O) groups excluding carboxylic acids is 2. The van der Waals surface area contributed by atoms with E-state index in [4.69, 9.17) is 10.5 Å². The number of carbonyl (C=O) groups is 2. The molecule has 2 amide bonds. The van der Waals surface area contributed by atoms with Crippen LogP contribution in [-0.2, 0) is 16.2 Å². The number of hydrogen-bond donors (Lipinski definition) is 2. The molecule has 185 valence electrons. The fraction of sp³-hybridized carbons (Fsp3) is 0.464. The summed E-state index contributed by atoms with van der Waals surface area (Å²) in [5.41, 5.74) is 6.99. The highest BCUT2D eigenvalue weighted by Crippen LogP contribution is 2.25. The molecule has 3 N–H and O–H groups in total. The topological polar surface area (TPSA) is 84.7 Å². The Morgan fingerprint density at radius 3 is 2.44 bits per heavy atom. The van der Waals surface area contributed by atoms with E-state index in [-0.39, 0.29) is 11.8 Å². The van der Waals surface area contributed by atoms with Crippen LogP contribution in [0.4, 0.5) is 5.69 Å². The Bertz CT molecular complexity index is 912. The van der Waals surface area contributed by atoms with Crippen molar-refractivity contribution in [3.8, 4) is 5.75 Å². The van der Waals surface area contributed by atoms with E-state index >= 15 is 0 Å². The van der Waals surface area contributed by atoms with Gasteiger partial charge in [0.15, 0.2) is 0 Å². The maximum Gasteiger partial charge on any atom is 0.224 e. The van der Waals surface area contributed by atoms with Crippen molar-refractivity contribution >= 4 is 17.5 Å². The van der Waals surface area contributed by atoms with Gasteiger partial charge < -0.3 is 20.7 Å². The molecule has 0 aromatic heterocycles. The Morgan fingerprint density at radius 1 is 1.09 bits per heavy atom. The fourth-order valence-corrected chi connectivity index (χ4v) is 3.53. The molecule has 0 heterocycles. The summed E-state index contributed by atoms with van der Waals surface area (Å²) in [6.07, 6.45) is 2.87. The van der Waals surface area contributed by atoms with Crippen LogP contribution in [0.3, 0.4) is 0 Å². The number of amides is 2. The standard InChI is InChI=1S/C28H40N3O3/c1-21(2)16-17-31(20-28(4,5)30-26(32)15-14-22(3)27(29)33)24-12-9-13-25(18-24)34-19-23-10-7-6-8-11-23/h6-13,15,18,21-22H,14,16-17,19-20H2,1-5H3,(H2,29,33)(H,30,32). The highest BCUT2D eigenvalue weighted by molar-refractivity contribution is 5.86. The molecule has 6 heteroatoms. The first-order valence-electron chi connectivity index (χ1n) is 12.0. The number of primary amides is 1. The molecule has 0 bridgehead atoms. The lowest BCUT2D eigenvalue weighted by molar-refractivity contribution is -0.121. The molecule has 6 nitrogen and oxygen atoms in total. The van der Waals surface area contributed by atoms with Crippen molar-refractivity contribution in [2.24, 2.45) is 17.6 Å². The molecule has 2 aromatic rings. The maximum absolute atomic E-state index is 12.5. The number of nitrogens with two attached hydrogens (primary N) is 1. The van der Waals surface area contributed by atoms with Crippen LogP contribution in [0.2, 0.25) is 0 Å². The smallest absolute Gasteiger partial charge is 0.224 e. The third-order valence-corrected chi connectivity index (χ3v) is 5.60. The minimum Gasteiger partial charge on any atom is -0.489 e. The van der Waals surface area contributed by atoms with Crippen molar-refractivity contribution in [1.82, 2.24) is 5.32 Å². The first-order chi connectivity index (χ1) is 16.1. The fourth-order valence-electron chi connectivity index (χ4n) is 3.53. The van der Waals surface area contributed by atoms with Crippen LogP contribution in [0.1, 0.15) is 53.0 Å². The summed E-state index contributed by atoms with van der Waals surface area (Å²) in [6.45, 7) is 12.2. The van der Waals surface area contributed by atoms with Crippen LogP contribution in [0.15, 0.2) is 54.6 Å². The molecule has 0 saturated heterocycles. The van der Waals surface area contributed by atoms with Crippen LogP contribution in [0.5, 0.6) is 5.75 Å². The summed E-state index contributed by atoms with van der Waals surface area (Å²) in [6, 6.07) is 18.2. The van der Waals surface area contributed by atoms with Crippen LogP contribution in [0, 0.1) is 18.3 Å². The van der Waals surface area contributed by atoms with Gasteiger partial charge in [-0.25, -0.2) is 0 Å². The van der Waals surface area contributed by atoms with Crippen LogP contribution in [-0.4, -0.2) is 30.4 Å². The molecule has 0 aliphatic heterocycles. The maximum atomic E-state index is 12.5. The molecule has 1 unspecified atom stereocenters. The van der Waals surface area contributed by atoms with Gasteiger partial charge in [-0.15, -0.1) is 0 Å². The Hall–Kier alpha value is -3.02. The van der Waals surface area contributed by atoms with Crippen molar-refractivity contribution in [2.75, 3.05) is 18.0 Å². The van der Waals surface area contributed by atoms with Crippen molar-refractivity contribution < 1.29 is 14.3 Å². The number of rotatable bonds is 14. The van der Waals surface area contributed by atoms with Gasteiger partial charge in [0.25, 0.3) is 0 Å². The molecule has 0 aliphatic carbocycles. The molecule has 2 aromatic carbocycles. The Balaban J connectivity index is 2.07. The number of nitrogens with zero attached hydrogens (tertiary/aromatic N) is 1. The van der Waals surface area contributed by atoms with Gasteiger partial charge in [0.1, 0.15) is 12.4 Å².